The van der Waals surface area contributed by atoms with Crippen molar-refractivity contribution in [1.29, 1.82) is 0 Å². The molecule has 2 aromatic heterocycles. The van der Waals surface area contributed by atoms with E-state index in [1.807, 2.05) is 48.3 Å². The first kappa shape index (κ1) is 22.7. The quantitative estimate of drug-likeness (QED) is 0.435. The molecule has 5 rings (SSSR count). The molecule has 8 nitrogen and oxygen atoms in total. The lowest BCUT2D eigenvalue weighted by Crippen LogP contribution is -2.46. The van der Waals surface area contributed by atoms with Crippen LogP contribution in [0.5, 0.6) is 0 Å². The summed E-state index contributed by atoms with van der Waals surface area (Å²) in [6.45, 7) is 3.08. The second-order valence-electron chi connectivity index (χ2n) is 8.69. The van der Waals surface area contributed by atoms with Crippen LogP contribution in [0.3, 0.4) is 0 Å². The molecule has 3 N–H and O–H groups in total. The molecule has 0 saturated carbocycles. The highest BCUT2D eigenvalue weighted by molar-refractivity contribution is 5.90. The third-order valence-corrected chi connectivity index (χ3v) is 6.23. The van der Waals surface area contributed by atoms with E-state index < -0.39 is 5.97 Å². The van der Waals surface area contributed by atoms with Gasteiger partial charge in [0.05, 0.1) is 22.8 Å². The lowest BCUT2D eigenvalue weighted by atomic mass is 9.98. The van der Waals surface area contributed by atoms with Crippen molar-refractivity contribution in [2.45, 2.75) is 19.8 Å². The number of hydrogen-bond acceptors (Lipinski definition) is 7. The summed E-state index contributed by atoms with van der Waals surface area (Å²) in [5.41, 5.74) is 10.6. The number of halogens is 1. The number of fused-ring (bicyclic) bond motifs is 1. The molecule has 4 aromatic rings. The molecule has 0 bridgehead atoms. The van der Waals surface area contributed by atoms with Crippen LogP contribution >= 0.6 is 0 Å². The van der Waals surface area contributed by atoms with Crippen LogP contribution in [0.25, 0.3) is 22.3 Å². The third-order valence-electron chi connectivity index (χ3n) is 6.23. The summed E-state index contributed by atoms with van der Waals surface area (Å²) in [4.78, 5) is 25.4. The van der Waals surface area contributed by atoms with Gasteiger partial charge in [-0.25, -0.2) is 19.4 Å². The highest BCUT2D eigenvalue weighted by Crippen LogP contribution is 2.35. The zero-order valence-electron chi connectivity index (χ0n) is 19.2. The summed E-state index contributed by atoms with van der Waals surface area (Å²) in [5, 5.41) is 13.5. The van der Waals surface area contributed by atoms with Gasteiger partial charge in [-0.05, 0) is 73.9 Å². The SMILES string of the molecule is Cc1cccc(N(c2nc(N)nc3ccc(-c4ccc(F)cc4)nc23)N2CCC(C(=O)O)CC2)c1. The number of carbonyl (C=O) groups is 1. The fraction of sp³-hybridized carbons (Fsp3) is 0.231. The molecule has 3 heterocycles. The molecule has 35 heavy (non-hydrogen) atoms. The molecule has 1 aliphatic heterocycles. The molecule has 0 atom stereocenters. The molecule has 0 amide bonds. The van der Waals surface area contributed by atoms with Gasteiger partial charge in [-0.15, -0.1) is 0 Å². The highest BCUT2D eigenvalue weighted by atomic mass is 19.1. The minimum absolute atomic E-state index is 0.113. The number of aromatic nitrogens is 3. The monoisotopic (exact) mass is 472 g/mol. The van der Waals surface area contributed by atoms with Crippen molar-refractivity contribution in [1.82, 2.24) is 20.0 Å². The molecule has 0 unspecified atom stereocenters. The molecule has 1 aliphatic rings. The topological polar surface area (TPSA) is 108 Å². The van der Waals surface area contributed by atoms with Crippen LogP contribution in [0.15, 0.2) is 60.7 Å². The van der Waals surface area contributed by atoms with Gasteiger partial charge in [-0.1, -0.05) is 12.1 Å². The number of piperidine rings is 1. The number of carboxylic acids is 1. The predicted octanol–water partition coefficient (Wildman–Crippen LogP) is 4.57. The standard InChI is InChI=1S/C26H25FN6O2/c1-16-3-2-4-20(15-16)33(32-13-11-18(12-14-32)25(34)35)24-23-22(30-26(28)31-24)10-9-21(29-23)17-5-7-19(27)8-6-17/h2-10,15,18H,11-14H2,1H3,(H,34,35)(H2,28,30,31). The fourth-order valence-corrected chi connectivity index (χ4v) is 4.44. The van der Waals surface area contributed by atoms with Crippen molar-refractivity contribution in [3.8, 4) is 11.3 Å². The van der Waals surface area contributed by atoms with Gasteiger partial charge in [0.15, 0.2) is 5.82 Å². The van der Waals surface area contributed by atoms with Gasteiger partial charge >= 0.3 is 5.97 Å². The number of anilines is 3. The minimum Gasteiger partial charge on any atom is -0.481 e. The summed E-state index contributed by atoms with van der Waals surface area (Å²) >= 11 is 0. The Bertz CT molecular complexity index is 1390. The molecule has 0 spiro atoms. The Kier molecular flexibility index (Phi) is 6.00. The van der Waals surface area contributed by atoms with Gasteiger partial charge in [-0.3, -0.25) is 9.80 Å². The molecule has 178 valence electrons. The normalized spacial score (nSPS) is 14.8. The number of nitrogens with zero attached hydrogens (tertiary/aromatic N) is 5. The molecule has 9 heteroatoms. The first-order valence-electron chi connectivity index (χ1n) is 11.4. The Morgan fingerprint density at radius 2 is 1.80 bits per heavy atom. The summed E-state index contributed by atoms with van der Waals surface area (Å²) in [6.07, 6.45) is 1.04. The van der Waals surface area contributed by atoms with E-state index in [2.05, 4.69) is 15.0 Å². The zero-order valence-corrected chi connectivity index (χ0v) is 19.2. The Morgan fingerprint density at radius 1 is 1.06 bits per heavy atom. The fourth-order valence-electron chi connectivity index (χ4n) is 4.44. The Labute approximate surface area is 201 Å². The predicted molar refractivity (Wildman–Crippen MR) is 132 cm³/mol. The van der Waals surface area contributed by atoms with Gasteiger partial charge in [0.2, 0.25) is 5.95 Å². The number of aryl methyl sites for hydroxylation is 1. The number of carboxylic acid groups (broad SMARTS) is 1. The maximum absolute atomic E-state index is 13.5. The lowest BCUT2D eigenvalue weighted by molar-refractivity contribution is -0.143. The second-order valence-corrected chi connectivity index (χ2v) is 8.69. The van der Waals surface area contributed by atoms with E-state index in [1.54, 1.807) is 12.1 Å². The summed E-state index contributed by atoms with van der Waals surface area (Å²) in [6, 6.07) is 17.8. The molecule has 0 aliphatic carbocycles. The van der Waals surface area contributed by atoms with Crippen LogP contribution in [0, 0.1) is 18.7 Å². The first-order valence-corrected chi connectivity index (χ1v) is 11.4. The van der Waals surface area contributed by atoms with Crippen molar-refractivity contribution in [3.05, 3.63) is 72.0 Å². The Balaban J connectivity index is 1.66. The van der Waals surface area contributed by atoms with Crippen LogP contribution in [0.4, 0.5) is 21.8 Å². The Morgan fingerprint density at radius 3 is 2.49 bits per heavy atom. The van der Waals surface area contributed by atoms with Gasteiger partial charge in [0.25, 0.3) is 0 Å². The van der Waals surface area contributed by atoms with Gasteiger partial charge in [-0.2, -0.15) is 4.98 Å². The van der Waals surface area contributed by atoms with E-state index in [0.717, 1.165) is 16.8 Å². The second kappa shape index (κ2) is 9.27. The number of hydrogen-bond donors (Lipinski definition) is 2. The van der Waals surface area contributed by atoms with E-state index in [9.17, 15) is 14.3 Å². The molecule has 1 fully saturated rings. The summed E-state index contributed by atoms with van der Waals surface area (Å²) < 4.78 is 13.5. The van der Waals surface area contributed by atoms with Crippen LogP contribution in [0.2, 0.25) is 0 Å². The van der Waals surface area contributed by atoms with E-state index >= 15 is 0 Å². The minimum atomic E-state index is -0.769. The third kappa shape index (κ3) is 4.63. The van der Waals surface area contributed by atoms with Crippen molar-refractivity contribution in [2.75, 3.05) is 23.8 Å². The van der Waals surface area contributed by atoms with Crippen molar-refractivity contribution >= 4 is 34.5 Å². The average molecular weight is 473 g/mol. The largest absolute Gasteiger partial charge is 0.481 e. The smallest absolute Gasteiger partial charge is 0.306 e. The number of nitrogens with two attached hydrogens (primary N) is 1. The maximum Gasteiger partial charge on any atom is 0.306 e. The maximum atomic E-state index is 13.5. The molecule has 2 aromatic carbocycles. The zero-order chi connectivity index (χ0) is 24.5. The number of rotatable bonds is 5. The number of benzene rings is 2. The number of hydrazine groups is 1. The van der Waals surface area contributed by atoms with Crippen LogP contribution in [-0.2, 0) is 4.79 Å². The number of pyridine rings is 1. The van der Waals surface area contributed by atoms with Crippen molar-refractivity contribution < 1.29 is 14.3 Å². The number of nitrogen functional groups attached to an aromatic ring is 1. The van der Waals surface area contributed by atoms with E-state index in [1.165, 1.54) is 12.1 Å². The van der Waals surface area contributed by atoms with Crippen molar-refractivity contribution in [2.24, 2.45) is 5.92 Å². The molecular formula is C26H25FN6O2. The molecule has 0 radical (unpaired) electrons. The van der Waals surface area contributed by atoms with Crippen LogP contribution < -0.4 is 10.7 Å². The molecular weight excluding hydrogens is 447 g/mol. The summed E-state index contributed by atoms with van der Waals surface area (Å²) in [5.74, 6) is -0.838. The highest BCUT2D eigenvalue weighted by Gasteiger charge is 2.30. The van der Waals surface area contributed by atoms with Crippen LogP contribution in [-0.4, -0.2) is 44.1 Å². The number of aliphatic carboxylic acids is 1. The van der Waals surface area contributed by atoms with E-state index in [-0.39, 0.29) is 17.7 Å². The van der Waals surface area contributed by atoms with Gasteiger partial charge < -0.3 is 10.8 Å². The van der Waals surface area contributed by atoms with Crippen molar-refractivity contribution in [3.63, 3.8) is 0 Å². The first-order chi connectivity index (χ1) is 16.9. The van der Waals surface area contributed by atoms with E-state index in [4.69, 9.17) is 10.7 Å². The molecule has 1 saturated heterocycles. The van der Waals surface area contributed by atoms with E-state index in [0.29, 0.717) is 48.5 Å². The van der Waals surface area contributed by atoms with Gasteiger partial charge in [0.1, 0.15) is 11.3 Å². The lowest BCUT2D eigenvalue weighted by Gasteiger charge is -2.39. The average Bonchev–Trinajstić information content (AvgIpc) is 2.85. The van der Waals surface area contributed by atoms with Gasteiger partial charge in [0, 0.05) is 18.7 Å². The Hall–Kier alpha value is -4.11. The summed E-state index contributed by atoms with van der Waals surface area (Å²) in [7, 11) is 0. The van der Waals surface area contributed by atoms with Crippen LogP contribution in [0.1, 0.15) is 18.4 Å².